The molecule has 0 radical (unpaired) electrons. The SMILES string of the molecule is C[C@H]1c2c(Cl)cc(Cl)cc2CCN1C(=O)C12CC(n3nnc4cnc(N)cc43)(CO1)C2. The van der Waals surface area contributed by atoms with E-state index >= 15 is 0 Å². The predicted molar refractivity (Wildman–Crippen MR) is 116 cm³/mol. The van der Waals surface area contributed by atoms with Crippen LogP contribution in [0.25, 0.3) is 11.0 Å². The summed E-state index contributed by atoms with van der Waals surface area (Å²) < 4.78 is 7.99. The molecule has 1 saturated carbocycles. The van der Waals surface area contributed by atoms with Crippen LogP contribution < -0.4 is 5.73 Å². The van der Waals surface area contributed by atoms with Crippen molar-refractivity contribution in [2.45, 2.75) is 43.4 Å². The van der Waals surface area contributed by atoms with Crippen LogP contribution in [0.15, 0.2) is 24.4 Å². The molecule has 3 aliphatic heterocycles. The van der Waals surface area contributed by atoms with Gasteiger partial charge in [-0.25, -0.2) is 9.67 Å². The maximum Gasteiger partial charge on any atom is 0.255 e. The van der Waals surface area contributed by atoms with E-state index in [2.05, 4.69) is 15.3 Å². The van der Waals surface area contributed by atoms with Gasteiger partial charge in [-0.2, -0.15) is 0 Å². The van der Waals surface area contributed by atoms with Gasteiger partial charge in [0.2, 0.25) is 0 Å². The minimum Gasteiger partial charge on any atom is -0.384 e. The lowest BCUT2D eigenvalue weighted by atomic mass is 9.67. The highest BCUT2D eigenvalue weighted by Crippen LogP contribution is 2.58. The van der Waals surface area contributed by atoms with E-state index in [0.29, 0.717) is 53.8 Å². The molecule has 1 atom stereocenters. The number of anilines is 1. The van der Waals surface area contributed by atoms with Crippen LogP contribution in [0.2, 0.25) is 10.0 Å². The molecule has 31 heavy (non-hydrogen) atoms. The Kier molecular flexibility index (Phi) is 3.92. The third-order valence-corrected chi connectivity index (χ3v) is 7.52. The molecule has 0 spiro atoms. The fourth-order valence-electron chi connectivity index (χ4n) is 5.55. The molecule has 0 unspecified atom stereocenters. The zero-order valence-corrected chi connectivity index (χ0v) is 18.3. The number of hydrogen-bond donors (Lipinski definition) is 1. The zero-order chi connectivity index (χ0) is 21.5. The zero-order valence-electron chi connectivity index (χ0n) is 16.8. The number of halogens is 2. The van der Waals surface area contributed by atoms with Crippen LogP contribution in [-0.4, -0.2) is 49.5 Å². The number of ether oxygens (including phenoxy) is 1. The second-order valence-electron chi connectivity index (χ2n) is 8.84. The molecule has 5 heterocycles. The van der Waals surface area contributed by atoms with Crippen molar-refractivity contribution in [3.63, 3.8) is 0 Å². The monoisotopic (exact) mass is 458 g/mol. The summed E-state index contributed by atoms with van der Waals surface area (Å²) in [5.74, 6) is 0.418. The van der Waals surface area contributed by atoms with Gasteiger partial charge in [-0.15, -0.1) is 5.10 Å². The molecule has 4 aliphatic rings. The first-order chi connectivity index (χ1) is 14.8. The summed E-state index contributed by atoms with van der Waals surface area (Å²) in [6.07, 6.45) is 3.45. The molecule has 1 aromatic carbocycles. The number of hydrogen-bond acceptors (Lipinski definition) is 6. The smallest absolute Gasteiger partial charge is 0.255 e. The molecule has 160 valence electrons. The molecule has 2 bridgehead atoms. The van der Waals surface area contributed by atoms with Crippen molar-refractivity contribution in [3.05, 3.63) is 45.6 Å². The van der Waals surface area contributed by atoms with Crippen LogP contribution in [0, 0.1) is 0 Å². The van der Waals surface area contributed by atoms with Crippen LogP contribution in [-0.2, 0) is 21.5 Å². The van der Waals surface area contributed by atoms with Gasteiger partial charge in [-0.3, -0.25) is 4.79 Å². The summed E-state index contributed by atoms with van der Waals surface area (Å²) in [4.78, 5) is 19.6. The van der Waals surface area contributed by atoms with Crippen molar-refractivity contribution < 1.29 is 9.53 Å². The van der Waals surface area contributed by atoms with Crippen molar-refractivity contribution in [2.24, 2.45) is 0 Å². The van der Waals surface area contributed by atoms with Gasteiger partial charge in [0.1, 0.15) is 11.3 Å². The van der Waals surface area contributed by atoms with E-state index < -0.39 is 5.60 Å². The number of fused-ring (bicyclic) bond motifs is 3. The normalized spacial score (nSPS) is 29.1. The second kappa shape index (κ2) is 6.31. The Morgan fingerprint density at radius 3 is 2.90 bits per heavy atom. The molecule has 7 rings (SSSR count). The highest BCUT2D eigenvalue weighted by atomic mass is 35.5. The average molecular weight is 459 g/mol. The lowest BCUT2D eigenvalue weighted by Crippen LogP contribution is -2.60. The van der Waals surface area contributed by atoms with E-state index in [1.54, 1.807) is 18.3 Å². The first-order valence-electron chi connectivity index (χ1n) is 10.2. The Labute approximate surface area is 188 Å². The second-order valence-corrected chi connectivity index (χ2v) is 9.69. The lowest BCUT2D eigenvalue weighted by molar-refractivity contribution is -0.159. The number of nitrogens with zero attached hydrogens (tertiary/aromatic N) is 5. The van der Waals surface area contributed by atoms with Crippen LogP contribution in [0.4, 0.5) is 5.82 Å². The molecule has 2 aromatic heterocycles. The standard InChI is InChI=1S/C21H20Cl2N6O2/c1-11-18-12(4-13(22)5-14(18)23)2-3-28(11)19(30)21-8-20(9-21,10-31-21)29-16-6-17(24)25-7-15(16)26-27-29/h4-7,11H,2-3,8-10H2,1H3,(H2,24,25)/t11-,20?,21?/m0/s1. The molecule has 2 saturated heterocycles. The number of nitrogen functional groups attached to an aromatic ring is 1. The van der Waals surface area contributed by atoms with Gasteiger partial charge in [-0.1, -0.05) is 28.4 Å². The molecule has 1 amide bonds. The molecule has 3 aromatic rings. The first-order valence-corrected chi connectivity index (χ1v) is 11.0. The fraction of sp³-hybridized carbons (Fsp3) is 0.429. The Morgan fingerprint density at radius 1 is 1.29 bits per heavy atom. The van der Waals surface area contributed by atoms with Gasteiger partial charge < -0.3 is 15.4 Å². The van der Waals surface area contributed by atoms with E-state index in [9.17, 15) is 4.79 Å². The lowest BCUT2D eigenvalue weighted by Gasteiger charge is -2.47. The third-order valence-electron chi connectivity index (χ3n) is 6.99. The summed E-state index contributed by atoms with van der Waals surface area (Å²) in [6, 6.07) is 5.30. The summed E-state index contributed by atoms with van der Waals surface area (Å²) in [5, 5.41) is 9.75. The number of benzene rings is 1. The van der Waals surface area contributed by atoms with Gasteiger partial charge >= 0.3 is 0 Å². The number of rotatable bonds is 2. The Morgan fingerprint density at radius 2 is 2.10 bits per heavy atom. The van der Waals surface area contributed by atoms with E-state index in [1.165, 1.54) is 0 Å². The van der Waals surface area contributed by atoms with Crippen LogP contribution in [0.5, 0.6) is 0 Å². The van der Waals surface area contributed by atoms with Gasteiger partial charge in [-0.05, 0) is 36.6 Å². The van der Waals surface area contributed by atoms with Gasteiger partial charge in [0.05, 0.1) is 29.9 Å². The fourth-order valence-corrected chi connectivity index (χ4v) is 6.24. The van der Waals surface area contributed by atoms with Crippen LogP contribution in [0.3, 0.4) is 0 Å². The molecule has 10 heteroatoms. The first kappa shape index (κ1) is 19.3. The molecule has 1 aliphatic carbocycles. The van der Waals surface area contributed by atoms with Crippen molar-refractivity contribution in [1.29, 1.82) is 0 Å². The van der Waals surface area contributed by atoms with E-state index in [1.807, 2.05) is 22.6 Å². The highest BCUT2D eigenvalue weighted by molar-refractivity contribution is 6.35. The largest absolute Gasteiger partial charge is 0.384 e. The van der Waals surface area contributed by atoms with Crippen molar-refractivity contribution in [1.82, 2.24) is 24.9 Å². The van der Waals surface area contributed by atoms with Crippen molar-refractivity contribution >= 4 is 46.0 Å². The number of amides is 1. The third kappa shape index (κ3) is 2.58. The van der Waals surface area contributed by atoms with E-state index in [0.717, 1.165) is 16.6 Å². The molecular weight excluding hydrogens is 439 g/mol. The number of pyridine rings is 1. The summed E-state index contributed by atoms with van der Waals surface area (Å²) in [7, 11) is 0. The Balaban J connectivity index is 1.29. The van der Waals surface area contributed by atoms with E-state index in [-0.39, 0.29) is 17.5 Å². The Hall–Kier alpha value is -2.42. The average Bonchev–Trinajstić information content (AvgIpc) is 3.38. The van der Waals surface area contributed by atoms with Gasteiger partial charge in [0, 0.05) is 35.5 Å². The maximum atomic E-state index is 13.6. The summed E-state index contributed by atoms with van der Waals surface area (Å²) >= 11 is 12.7. The quantitative estimate of drug-likeness (QED) is 0.633. The highest BCUT2D eigenvalue weighted by Gasteiger charge is 2.69. The summed E-state index contributed by atoms with van der Waals surface area (Å²) in [5.41, 5.74) is 8.19. The number of carbonyl (C=O) groups is 1. The molecule has 8 nitrogen and oxygen atoms in total. The number of aromatic nitrogens is 4. The van der Waals surface area contributed by atoms with Crippen LogP contribution >= 0.6 is 23.2 Å². The molecule has 3 fully saturated rings. The Bertz CT molecular complexity index is 1250. The maximum absolute atomic E-state index is 13.6. The van der Waals surface area contributed by atoms with Gasteiger partial charge in [0.25, 0.3) is 5.91 Å². The number of carbonyl (C=O) groups excluding carboxylic acids is 1. The van der Waals surface area contributed by atoms with E-state index in [4.69, 9.17) is 33.7 Å². The predicted octanol–water partition coefficient (Wildman–Crippen LogP) is 3.12. The number of nitrogens with two attached hydrogens (primary N) is 1. The van der Waals surface area contributed by atoms with Crippen molar-refractivity contribution in [3.8, 4) is 0 Å². The minimum atomic E-state index is -0.832. The minimum absolute atomic E-state index is 0.00962. The van der Waals surface area contributed by atoms with Gasteiger partial charge in [0.15, 0.2) is 5.60 Å². The molecule has 2 N–H and O–H groups in total. The van der Waals surface area contributed by atoms with Crippen LogP contribution in [0.1, 0.15) is 36.9 Å². The van der Waals surface area contributed by atoms with Crippen molar-refractivity contribution in [2.75, 3.05) is 18.9 Å². The molecular formula is C21H20Cl2N6O2. The topological polar surface area (TPSA) is 99.2 Å². The summed E-state index contributed by atoms with van der Waals surface area (Å²) in [6.45, 7) is 3.03.